The highest BCUT2D eigenvalue weighted by molar-refractivity contribution is 5.65. The van der Waals surface area contributed by atoms with Crippen LogP contribution in [0.3, 0.4) is 0 Å². The Balaban J connectivity index is 2.09. The van der Waals surface area contributed by atoms with Gasteiger partial charge in [-0.1, -0.05) is 25.5 Å². The highest BCUT2D eigenvalue weighted by Gasteiger charge is 2.22. The van der Waals surface area contributed by atoms with Crippen LogP contribution in [-0.2, 0) is 4.74 Å². The summed E-state index contributed by atoms with van der Waals surface area (Å²) in [4.78, 5) is 15.3. The molecular weight excluding hydrogens is 292 g/mol. The predicted octanol–water partition coefficient (Wildman–Crippen LogP) is 3.75. The molecule has 1 N–H and O–H groups in total. The third-order valence-corrected chi connectivity index (χ3v) is 4.54. The summed E-state index contributed by atoms with van der Waals surface area (Å²) in [7, 11) is 0. The number of hydrogen-bond acceptors (Lipinski definition) is 3. The van der Waals surface area contributed by atoms with Crippen molar-refractivity contribution in [3.8, 4) is 0 Å². The number of hydrogen-bond donors (Lipinski definition) is 1. The maximum absolute atomic E-state index is 11.5. The summed E-state index contributed by atoms with van der Waals surface area (Å²) >= 11 is 0. The minimum atomic E-state index is -0.850. The number of unbranched alkanes of at least 4 members (excludes halogenated alkanes) is 1. The molecule has 5 nitrogen and oxygen atoms in total. The van der Waals surface area contributed by atoms with Crippen LogP contribution in [0.1, 0.15) is 45.2 Å². The number of amides is 1. The van der Waals surface area contributed by atoms with Gasteiger partial charge in [-0.15, -0.1) is 0 Å². The molecular formula is C18H28N2O3. The van der Waals surface area contributed by atoms with Crippen molar-refractivity contribution in [2.24, 2.45) is 0 Å². The lowest BCUT2D eigenvalue weighted by Crippen LogP contribution is -2.43. The van der Waals surface area contributed by atoms with Crippen LogP contribution in [-0.4, -0.2) is 48.4 Å². The fraction of sp³-hybridized carbons (Fsp3) is 0.611. The van der Waals surface area contributed by atoms with Gasteiger partial charge < -0.3 is 19.6 Å². The molecule has 2 rings (SSSR count). The van der Waals surface area contributed by atoms with Gasteiger partial charge in [0.25, 0.3) is 0 Å². The number of anilines is 1. The van der Waals surface area contributed by atoms with Gasteiger partial charge in [-0.05, 0) is 38.0 Å². The number of carbonyl (C=O) groups is 1. The second-order valence-electron chi connectivity index (χ2n) is 6.21. The number of nitrogens with zero attached hydrogens (tertiary/aromatic N) is 2. The van der Waals surface area contributed by atoms with E-state index in [9.17, 15) is 9.90 Å². The molecule has 1 amide bonds. The molecule has 1 saturated heterocycles. The second kappa shape index (κ2) is 8.20. The monoisotopic (exact) mass is 320 g/mol. The minimum absolute atomic E-state index is 0.129. The molecule has 0 radical (unpaired) electrons. The Morgan fingerprint density at radius 1 is 1.43 bits per heavy atom. The van der Waals surface area contributed by atoms with Crippen molar-refractivity contribution in [3.05, 3.63) is 29.8 Å². The maximum atomic E-state index is 11.5. The lowest BCUT2D eigenvalue weighted by atomic mass is 10.1. The van der Waals surface area contributed by atoms with Gasteiger partial charge in [-0.3, -0.25) is 0 Å². The van der Waals surface area contributed by atoms with E-state index in [0.29, 0.717) is 12.6 Å². The van der Waals surface area contributed by atoms with E-state index in [4.69, 9.17) is 4.74 Å². The van der Waals surface area contributed by atoms with Crippen LogP contribution in [0.25, 0.3) is 0 Å². The summed E-state index contributed by atoms with van der Waals surface area (Å²) in [6, 6.07) is 8.51. The predicted molar refractivity (Wildman–Crippen MR) is 92.1 cm³/mol. The highest BCUT2D eigenvalue weighted by Crippen LogP contribution is 2.25. The first kappa shape index (κ1) is 17.6. The van der Waals surface area contributed by atoms with Crippen molar-refractivity contribution < 1.29 is 14.6 Å². The van der Waals surface area contributed by atoms with E-state index < -0.39 is 6.09 Å². The first-order chi connectivity index (χ1) is 11.0. The summed E-state index contributed by atoms with van der Waals surface area (Å²) < 4.78 is 5.48. The smallest absolute Gasteiger partial charge is 0.407 e. The molecule has 23 heavy (non-hydrogen) atoms. The average Bonchev–Trinajstić information content (AvgIpc) is 2.55. The van der Waals surface area contributed by atoms with E-state index in [1.807, 2.05) is 19.1 Å². The Morgan fingerprint density at radius 2 is 2.13 bits per heavy atom. The first-order valence-corrected chi connectivity index (χ1v) is 8.48. The van der Waals surface area contributed by atoms with Gasteiger partial charge in [0.05, 0.1) is 19.3 Å². The minimum Gasteiger partial charge on any atom is -0.465 e. The van der Waals surface area contributed by atoms with E-state index in [1.54, 1.807) is 0 Å². The van der Waals surface area contributed by atoms with Gasteiger partial charge in [0.2, 0.25) is 0 Å². The molecule has 1 aromatic carbocycles. The largest absolute Gasteiger partial charge is 0.465 e. The van der Waals surface area contributed by atoms with E-state index in [1.165, 1.54) is 10.6 Å². The number of ether oxygens (including phenoxy) is 1. The molecule has 1 unspecified atom stereocenters. The zero-order valence-electron chi connectivity index (χ0n) is 14.4. The van der Waals surface area contributed by atoms with Gasteiger partial charge in [-0.2, -0.15) is 0 Å². The van der Waals surface area contributed by atoms with E-state index >= 15 is 0 Å². The van der Waals surface area contributed by atoms with Crippen LogP contribution >= 0.6 is 0 Å². The number of rotatable bonds is 6. The molecule has 1 aliphatic heterocycles. The van der Waals surface area contributed by atoms with Crippen LogP contribution in [0.15, 0.2) is 24.3 Å². The van der Waals surface area contributed by atoms with E-state index in [0.717, 1.165) is 38.2 Å². The Morgan fingerprint density at radius 3 is 2.70 bits per heavy atom. The van der Waals surface area contributed by atoms with Crippen molar-refractivity contribution in [2.75, 3.05) is 31.2 Å². The number of morpholine rings is 1. The van der Waals surface area contributed by atoms with Crippen molar-refractivity contribution in [1.29, 1.82) is 0 Å². The summed E-state index contributed by atoms with van der Waals surface area (Å²) in [6.45, 7) is 9.17. The van der Waals surface area contributed by atoms with Crippen molar-refractivity contribution in [3.63, 3.8) is 0 Å². The topological polar surface area (TPSA) is 53.0 Å². The quantitative estimate of drug-likeness (QED) is 0.867. The first-order valence-electron chi connectivity index (χ1n) is 8.48. The van der Waals surface area contributed by atoms with Crippen LogP contribution in [0.4, 0.5) is 10.5 Å². The summed E-state index contributed by atoms with van der Waals surface area (Å²) in [5.74, 6) is 0. The summed E-state index contributed by atoms with van der Waals surface area (Å²) in [5.41, 5.74) is 2.21. The number of carboxylic acid groups (broad SMARTS) is 1. The Kier molecular flexibility index (Phi) is 6.28. The molecule has 0 aliphatic carbocycles. The molecule has 0 spiro atoms. The Bertz CT molecular complexity index is 503. The zero-order valence-corrected chi connectivity index (χ0v) is 14.4. The van der Waals surface area contributed by atoms with Gasteiger partial charge in [-0.25, -0.2) is 4.79 Å². The number of benzene rings is 1. The van der Waals surface area contributed by atoms with Gasteiger partial charge in [0.15, 0.2) is 0 Å². The van der Waals surface area contributed by atoms with Gasteiger partial charge in [0.1, 0.15) is 0 Å². The van der Waals surface area contributed by atoms with Gasteiger partial charge >= 0.3 is 6.09 Å². The molecule has 0 saturated carbocycles. The molecule has 1 aromatic rings. The zero-order chi connectivity index (χ0) is 16.8. The Labute approximate surface area is 138 Å². The molecule has 128 valence electrons. The third-order valence-electron chi connectivity index (χ3n) is 4.54. The van der Waals surface area contributed by atoms with Crippen molar-refractivity contribution in [1.82, 2.24) is 4.90 Å². The third kappa shape index (κ3) is 4.38. The lowest BCUT2D eigenvalue weighted by Gasteiger charge is -2.35. The highest BCUT2D eigenvalue weighted by atomic mass is 16.5. The van der Waals surface area contributed by atoms with Crippen molar-refractivity contribution in [2.45, 2.75) is 45.7 Å². The van der Waals surface area contributed by atoms with E-state index in [-0.39, 0.29) is 6.04 Å². The van der Waals surface area contributed by atoms with Crippen LogP contribution in [0.5, 0.6) is 0 Å². The van der Waals surface area contributed by atoms with Crippen LogP contribution in [0.2, 0.25) is 0 Å². The van der Waals surface area contributed by atoms with Crippen LogP contribution in [0, 0.1) is 0 Å². The second-order valence-corrected chi connectivity index (χ2v) is 6.21. The SMILES string of the molecule is CCCCN(C(=O)O)[C@H](C)c1ccc(N2CCOCC2C)cc1. The van der Waals surface area contributed by atoms with Crippen LogP contribution < -0.4 is 4.90 Å². The summed E-state index contributed by atoms with van der Waals surface area (Å²) in [6.07, 6.45) is 1.03. The van der Waals surface area contributed by atoms with Crippen molar-refractivity contribution >= 4 is 11.8 Å². The summed E-state index contributed by atoms with van der Waals surface area (Å²) in [5, 5.41) is 9.43. The molecule has 5 heteroatoms. The molecule has 2 atom stereocenters. The molecule has 0 aromatic heterocycles. The molecule has 1 fully saturated rings. The molecule has 1 aliphatic rings. The molecule has 0 bridgehead atoms. The lowest BCUT2D eigenvalue weighted by molar-refractivity contribution is 0.0989. The fourth-order valence-corrected chi connectivity index (χ4v) is 3.02. The van der Waals surface area contributed by atoms with Gasteiger partial charge in [0, 0.05) is 24.8 Å². The standard InChI is InChI=1S/C18H28N2O3/c1-4-5-10-20(18(21)22)15(3)16-6-8-17(9-7-16)19-11-12-23-13-14(19)2/h6-9,14-15H,4-5,10-13H2,1-3H3,(H,21,22)/t14?,15-/m1/s1. The Hall–Kier alpha value is -1.75. The van der Waals surface area contributed by atoms with E-state index in [2.05, 4.69) is 30.9 Å². The normalized spacial score (nSPS) is 19.4. The fourth-order valence-electron chi connectivity index (χ4n) is 3.02. The maximum Gasteiger partial charge on any atom is 0.407 e. The average molecular weight is 320 g/mol. The molecule has 1 heterocycles.